The standard InChI is InChI=1S/C11H10O2S/c1-7-8-4-2-3-5-9(8)14-10(7)6-11(12)13/h2-5H,6H2,1H3,(H,12,13)/p-1. The number of carboxylic acids is 1. The molecule has 0 amide bonds. The van der Waals surface area contributed by atoms with Crippen molar-refractivity contribution in [2.24, 2.45) is 0 Å². The van der Waals surface area contributed by atoms with Crippen LogP contribution in [0.2, 0.25) is 0 Å². The number of carbonyl (C=O) groups is 1. The third-order valence-corrected chi connectivity index (χ3v) is 3.52. The summed E-state index contributed by atoms with van der Waals surface area (Å²) in [6.07, 6.45) is 0.0190. The van der Waals surface area contributed by atoms with E-state index < -0.39 is 5.97 Å². The molecule has 0 saturated heterocycles. The smallest absolute Gasteiger partial charge is 0.0466 e. The van der Waals surface area contributed by atoms with E-state index in [1.807, 2.05) is 31.2 Å². The van der Waals surface area contributed by atoms with Crippen LogP contribution < -0.4 is 5.11 Å². The van der Waals surface area contributed by atoms with Crippen molar-refractivity contribution in [2.45, 2.75) is 13.3 Å². The summed E-state index contributed by atoms with van der Waals surface area (Å²) in [5.74, 6) is -1.01. The number of rotatable bonds is 2. The van der Waals surface area contributed by atoms with Gasteiger partial charge in [-0.15, -0.1) is 11.3 Å². The lowest BCUT2D eigenvalue weighted by molar-refractivity contribution is -0.304. The van der Waals surface area contributed by atoms with Gasteiger partial charge < -0.3 is 9.90 Å². The van der Waals surface area contributed by atoms with Crippen LogP contribution in [0, 0.1) is 6.92 Å². The third-order valence-electron chi connectivity index (χ3n) is 2.25. The molecule has 2 nitrogen and oxygen atoms in total. The molecule has 2 rings (SSSR count). The largest absolute Gasteiger partial charge is 0.550 e. The normalized spacial score (nSPS) is 10.6. The van der Waals surface area contributed by atoms with Gasteiger partial charge in [0.15, 0.2) is 0 Å². The molecule has 0 saturated carbocycles. The zero-order chi connectivity index (χ0) is 10.1. The molecule has 3 heteroatoms. The number of benzene rings is 1. The number of thiophene rings is 1. The van der Waals surface area contributed by atoms with Crippen LogP contribution in [0.25, 0.3) is 10.1 Å². The summed E-state index contributed by atoms with van der Waals surface area (Å²) < 4.78 is 1.14. The fourth-order valence-electron chi connectivity index (χ4n) is 1.52. The van der Waals surface area contributed by atoms with E-state index in [9.17, 15) is 9.90 Å². The second-order valence-electron chi connectivity index (χ2n) is 3.20. The van der Waals surface area contributed by atoms with Crippen molar-refractivity contribution in [3.63, 3.8) is 0 Å². The van der Waals surface area contributed by atoms with E-state index in [-0.39, 0.29) is 6.42 Å². The molecule has 0 spiro atoms. The summed E-state index contributed by atoms with van der Waals surface area (Å²) in [5, 5.41) is 11.6. The highest BCUT2D eigenvalue weighted by Crippen LogP contribution is 2.30. The summed E-state index contributed by atoms with van der Waals surface area (Å²) in [4.78, 5) is 11.4. The molecule has 0 aliphatic carbocycles. The highest BCUT2D eigenvalue weighted by Gasteiger charge is 2.07. The minimum atomic E-state index is -1.01. The fourth-order valence-corrected chi connectivity index (χ4v) is 2.72. The van der Waals surface area contributed by atoms with E-state index in [1.54, 1.807) is 0 Å². The Balaban J connectivity index is 2.57. The van der Waals surface area contributed by atoms with E-state index in [4.69, 9.17) is 0 Å². The van der Waals surface area contributed by atoms with E-state index in [0.717, 1.165) is 20.5 Å². The van der Waals surface area contributed by atoms with Crippen LogP contribution in [0.4, 0.5) is 0 Å². The van der Waals surface area contributed by atoms with Gasteiger partial charge >= 0.3 is 0 Å². The zero-order valence-electron chi connectivity index (χ0n) is 7.74. The van der Waals surface area contributed by atoms with Crippen molar-refractivity contribution in [3.05, 3.63) is 34.7 Å². The lowest BCUT2D eigenvalue weighted by Gasteiger charge is -1.99. The highest BCUT2D eigenvalue weighted by atomic mass is 32.1. The molecule has 0 fully saturated rings. The fraction of sp³-hybridized carbons (Fsp3) is 0.182. The van der Waals surface area contributed by atoms with Crippen molar-refractivity contribution in [1.29, 1.82) is 0 Å². The minimum Gasteiger partial charge on any atom is -0.550 e. The van der Waals surface area contributed by atoms with Gasteiger partial charge in [0.25, 0.3) is 0 Å². The van der Waals surface area contributed by atoms with Gasteiger partial charge in [-0.05, 0) is 23.9 Å². The second-order valence-corrected chi connectivity index (χ2v) is 4.33. The first-order chi connectivity index (χ1) is 6.68. The topological polar surface area (TPSA) is 40.1 Å². The summed E-state index contributed by atoms with van der Waals surface area (Å²) in [7, 11) is 0. The predicted octanol–water partition coefficient (Wildman–Crippen LogP) is 1.50. The maximum absolute atomic E-state index is 10.5. The van der Waals surface area contributed by atoms with Gasteiger partial charge in [-0.1, -0.05) is 18.2 Å². The highest BCUT2D eigenvalue weighted by molar-refractivity contribution is 7.19. The van der Waals surface area contributed by atoms with Crippen LogP contribution >= 0.6 is 11.3 Å². The van der Waals surface area contributed by atoms with Crippen molar-refractivity contribution in [3.8, 4) is 0 Å². The Morgan fingerprint density at radius 1 is 1.43 bits per heavy atom. The summed E-state index contributed by atoms with van der Waals surface area (Å²) in [6.45, 7) is 1.96. The number of aryl methyl sites for hydroxylation is 1. The Bertz CT molecular complexity index is 485. The second kappa shape index (κ2) is 3.42. The molecule has 0 bridgehead atoms. The third kappa shape index (κ3) is 1.51. The molecule has 0 unspecified atom stereocenters. The first-order valence-electron chi connectivity index (χ1n) is 4.35. The van der Waals surface area contributed by atoms with Crippen molar-refractivity contribution >= 4 is 27.4 Å². The van der Waals surface area contributed by atoms with Crippen LogP contribution in [0.1, 0.15) is 10.4 Å². The van der Waals surface area contributed by atoms with E-state index >= 15 is 0 Å². The van der Waals surface area contributed by atoms with Gasteiger partial charge in [-0.25, -0.2) is 0 Å². The monoisotopic (exact) mass is 205 g/mol. The number of aliphatic carboxylic acids is 1. The SMILES string of the molecule is Cc1c(CC(=O)[O-])sc2ccccc12. The quantitative estimate of drug-likeness (QED) is 0.745. The Kier molecular flexibility index (Phi) is 2.25. The van der Waals surface area contributed by atoms with Crippen LogP contribution in [-0.4, -0.2) is 5.97 Å². The van der Waals surface area contributed by atoms with E-state index in [0.29, 0.717) is 0 Å². The number of hydrogen-bond acceptors (Lipinski definition) is 3. The summed E-state index contributed by atoms with van der Waals surface area (Å²) in [5.41, 5.74) is 1.06. The van der Waals surface area contributed by atoms with Crippen LogP contribution in [-0.2, 0) is 11.2 Å². The Morgan fingerprint density at radius 2 is 2.14 bits per heavy atom. The molecule has 14 heavy (non-hydrogen) atoms. The van der Waals surface area contributed by atoms with Crippen LogP contribution in [0.5, 0.6) is 0 Å². The first kappa shape index (κ1) is 9.21. The van der Waals surface area contributed by atoms with Gasteiger partial charge in [0.2, 0.25) is 0 Å². The molecule has 0 radical (unpaired) electrons. The average Bonchev–Trinajstić information content (AvgIpc) is 2.44. The maximum Gasteiger partial charge on any atom is 0.0466 e. The van der Waals surface area contributed by atoms with Gasteiger partial charge in [0, 0.05) is 22.0 Å². The number of carboxylic acid groups (broad SMARTS) is 1. The van der Waals surface area contributed by atoms with Crippen LogP contribution in [0.3, 0.4) is 0 Å². The Morgan fingerprint density at radius 3 is 2.79 bits per heavy atom. The minimum absolute atomic E-state index is 0.0190. The van der Waals surface area contributed by atoms with Gasteiger partial charge in [-0.2, -0.15) is 0 Å². The number of hydrogen-bond donors (Lipinski definition) is 0. The van der Waals surface area contributed by atoms with Crippen LogP contribution in [0.15, 0.2) is 24.3 Å². The van der Waals surface area contributed by atoms with Gasteiger partial charge in [0.1, 0.15) is 0 Å². The number of fused-ring (bicyclic) bond motifs is 1. The molecule has 0 aliphatic heterocycles. The van der Waals surface area contributed by atoms with Crippen molar-refractivity contribution < 1.29 is 9.90 Å². The number of carbonyl (C=O) groups excluding carboxylic acids is 1. The molecule has 0 atom stereocenters. The first-order valence-corrected chi connectivity index (χ1v) is 5.17. The molecule has 72 valence electrons. The lowest BCUT2D eigenvalue weighted by atomic mass is 10.1. The molecule has 0 aliphatic rings. The molecular formula is C11H9O2S-. The van der Waals surface area contributed by atoms with E-state index in [2.05, 4.69) is 0 Å². The molecule has 1 heterocycles. The predicted molar refractivity (Wildman–Crippen MR) is 55.3 cm³/mol. The molecule has 2 aromatic rings. The lowest BCUT2D eigenvalue weighted by Crippen LogP contribution is -2.24. The zero-order valence-corrected chi connectivity index (χ0v) is 8.56. The van der Waals surface area contributed by atoms with E-state index in [1.165, 1.54) is 11.3 Å². The Labute approximate surface area is 85.8 Å². The van der Waals surface area contributed by atoms with Gasteiger partial charge in [0.05, 0.1) is 0 Å². The average molecular weight is 205 g/mol. The molecule has 1 aromatic carbocycles. The Hall–Kier alpha value is -1.35. The summed E-state index contributed by atoms with van der Waals surface area (Å²) in [6, 6.07) is 7.94. The molecule has 1 aromatic heterocycles. The molecular weight excluding hydrogens is 196 g/mol. The van der Waals surface area contributed by atoms with Crippen molar-refractivity contribution in [1.82, 2.24) is 0 Å². The van der Waals surface area contributed by atoms with Crippen molar-refractivity contribution in [2.75, 3.05) is 0 Å². The summed E-state index contributed by atoms with van der Waals surface area (Å²) >= 11 is 1.53. The maximum atomic E-state index is 10.5. The van der Waals surface area contributed by atoms with Gasteiger partial charge in [-0.3, -0.25) is 0 Å². The molecule has 0 N–H and O–H groups in total.